The van der Waals surface area contributed by atoms with E-state index in [1.165, 1.54) is 11.1 Å². The molecule has 0 saturated carbocycles. The molecule has 1 atom stereocenters. The predicted molar refractivity (Wildman–Crippen MR) is 140 cm³/mol. The lowest BCUT2D eigenvalue weighted by molar-refractivity contribution is -0.109. The number of nitrogens with zero attached hydrogens (tertiary/aromatic N) is 3. The zero-order chi connectivity index (χ0) is 25.8. The smallest absolute Gasteiger partial charge is 0.326 e. The number of nitrogens with one attached hydrogen (secondary N) is 1. The number of fused-ring (bicyclic) bond motifs is 3. The number of amidine groups is 1. The summed E-state index contributed by atoms with van der Waals surface area (Å²) >= 11 is 0. The second-order valence-electron chi connectivity index (χ2n) is 9.43. The summed E-state index contributed by atoms with van der Waals surface area (Å²) in [6, 6.07) is 8.09. The first kappa shape index (κ1) is 25.5. The largest absolute Gasteiger partial charge is 0.493 e. The van der Waals surface area contributed by atoms with E-state index >= 15 is 0 Å². The molecule has 1 saturated heterocycles. The fourth-order valence-corrected chi connectivity index (χ4v) is 5.38. The number of hydrogen-bond donors (Lipinski definition) is 1. The average molecular weight is 493 g/mol. The summed E-state index contributed by atoms with van der Waals surface area (Å²) in [6.07, 6.45) is 2.95. The van der Waals surface area contributed by atoms with E-state index in [2.05, 4.69) is 44.3 Å². The van der Waals surface area contributed by atoms with E-state index in [1.54, 1.807) is 12.0 Å². The maximum atomic E-state index is 13.9. The predicted octanol–water partition coefficient (Wildman–Crippen LogP) is 4.61. The Morgan fingerprint density at radius 2 is 1.89 bits per heavy atom. The van der Waals surface area contributed by atoms with Gasteiger partial charge in [-0.25, -0.2) is 9.79 Å². The molecule has 2 aromatic rings. The van der Waals surface area contributed by atoms with Gasteiger partial charge in [-0.2, -0.15) is 0 Å². The first-order valence-electron chi connectivity index (χ1n) is 12.6. The van der Waals surface area contributed by atoms with Crippen LogP contribution >= 0.6 is 0 Å². The fraction of sp³-hybridized carbons (Fsp3) is 0.464. The summed E-state index contributed by atoms with van der Waals surface area (Å²) in [6.45, 7) is 10.1. The first-order chi connectivity index (χ1) is 17.4. The monoisotopic (exact) mass is 492 g/mol. The number of ether oxygens (including phenoxy) is 2. The first-order valence-corrected chi connectivity index (χ1v) is 12.6. The SMILES string of the molecule is CCOc1cc2c(cc1OC)C1C/C(=N\c3c(C)cc(C)cc3C)N(CCNC=O)C(=O)N1CCC2. The van der Waals surface area contributed by atoms with Crippen molar-refractivity contribution in [2.24, 2.45) is 4.99 Å². The van der Waals surface area contributed by atoms with Gasteiger partial charge in [0.05, 0.1) is 25.4 Å². The number of amides is 3. The Hall–Kier alpha value is -3.55. The van der Waals surface area contributed by atoms with Gasteiger partial charge in [-0.1, -0.05) is 17.7 Å². The van der Waals surface area contributed by atoms with Gasteiger partial charge < -0.3 is 19.7 Å². The van der Waals surface area contributed by atoms with E-state index < -0.39 is 0 Å². The molecule has 192 valence electrons. The number of carbonyl (C=O) groups excluding carboxylic acids is 2. The number of methoxy groups -OCH3 is 1. The molecule has 1 fully saturated rings. The molecule has 0 bridgehead atoms. The van der Waals surface area contributed by atoms with Crippen LogP contribution in [-0.4, -0.2) is 61.4 Å². The molecule has 2 heterocycles. The lowest BCUT2D eigenvalue weighted by atomic mass is 9.93. The van der Waals surface area contributed by atoms with Crippen LogP contribution in [0.25, 0.3) is 0 Å². The fourth-order valence-electron chi connectivity index (χ4n) is 5.38. The number of carbonyl (C=O) groups is 2. The van der Waals surface area contributed by atoms with Crippen molar-refractivity contribution in [3.8, 4) is 11.5 Å². The molecule has 8 heteroatoms. The average Bonchev–Trinajstić information content (AvgIpc) is 3.02. The Balaban J connectivity index is 1.81. The Bertz CT molecular complexity index is 1150. The number of rotatable bonds is 8. The van der Waals surface area contributed by atoms with Gasteiger partial charge in [-0.05, 0) is 74.9 Å². The minimum atomic E-state index is -0.153. The van der Waals surface area contributed by atoms with Crippen LogP contribution in [0, 0.1) is 20.8 Å². The molecule has 36 heavy (non-hydrogen) atoms. The lowest BCUT2D eigenvalue weighted by Crippen LogP contribution is -2.54. The van der Waals surface area contributed by atoms with Gasteiger partial charge in [0.25, 0.3) is 0 Å². The van der Waals surface area contributed by atoms with E-state index in [9.17, 15) is 9.59 Å². The molecule has 0 aliphatic carbocycles. The van der Waals surface area contributed by atoms with Crippen LogP contribution in [0.15, 0.2) is 29.3 Å². The summed E-state index contributed by atoms with van der Waals surface area (Å²) in [5.74, 6) is 2.12. The molecular weight excluding hydrogens is 456 g/mol. The molecule has 0 aromatic heterocycles. The van der Waals surface area contributed by atoms with Crippen LogP contribution in [-0.2, 0) is 11.2 Å². The molecule has 0 radical (unpaired) electrons. The zero-order valence-electron chi connectivity index (χ0n) is 21.9. The van der Waals surface area contributed by atoms with Crippen molar-refractivity contribution in [1.29, 1.82) is 0 Å². The zero-order valence-corrected chi connectivity index (χ0v) is 21.9. The third kappa shape index (κ3) is 5.03. The highest BCUT2D eigenvalue weighted by Crippen LogP contribution is 2.42. The maximum Gasteiger partial charge on any atom is 0.326 e. The molecule has 2 aliphatic heterocycles. The third-order valence-electron chi connectivity index (χ3n) is 6.91. The Morgan fingerprint density at radius 1 is 1.14 bits per heavy atom. The normalized spacial score (nSPS) is 18.4. The van der Waals surface area contributed by atoms with Crippen LogP contribution in [0.1, 0.15) is 53.6 Å². The summed E-state index contributed by atoms with van der Waals surface area (Å²) in [5.41, 5.74) is 6.48. The maximum absolute atomic E-state index is 13.9. The Kier molecular flexibility index (Phi) is 7.82. The van der Waals surface area contributed by atoms with Crippen LogP contribution in [0.2, 0.25) is 0 Å². The van der Waals surface area contributed by atoms with Crippen molar-refractivity contribution in [2.75, 3.05) is 33.4 Å². The Labute approximate surface area is 213 Å². The number of urea groups is 1. The summed E-state index contributed by atoms with van der Waals surface area (Å²) in [4.78, 5) is 33.5. The summed E-state index contributed by atoms with van der Waals surface area (Å²) < 4.78 is 11.5. The van der Waals surface area contributed by atoms with Crippen molar-refractivity contribution in [3.63, 3.8) is 0 Å². The van der Waals surface area contributed by atoms with Crippen molar-refractivity contribution in [2.45, 2.75) is 53.0 Å². The van der Waals surface area contributed by atoms with Gasteiger partial charge in [-0.15, -0.1) is 0 Å². The standard InChI is InChI=1S/C28H36N4O4/c1-6-36-25-14-21-8-7-10-31-23(22(21)15-24(25)35-5)16-26(32(28(31)34)11-9-29-17-33)30-27-19(3)12-18(2)13-20(27)4/h12-15,17,23H,6-11,16H2,1-5H3,(H,29,33)/b30-26+. The topological polar surface area (TPSA) is 83.5 Å². The minimum absolute atomic E-state index is 0.0826. The van der Waals surface area contributed by atoms with Crippen LogP contribution in [0.5, 0.6) is 11.5 Å². The second-order valence-corrected chi connectivity index (χ2v) is 9.43. The van der Waals surface area contributed by atoms with Crippen LogP contribution in [0.4, 0.5) is 10.5 Å². The van der Waals surface area contributed by atoms with E-state index in [4.69, 9.17) is 14.5 Å². The number of benzene rings is 2. The highest BCUT2D eigenvalue weighted by molar-refractivity contribution is 6.02. The Morgan fingerprint density at radius 3 is 2.56 bits per heavy atom. The molecule has 0 spiro atoms. The molecular formula is C28H36N4O4. The van der Waals surface area contributed by atoms with Gasteiger partial charge >= 0.3 is 6.03 Å². The van der Waals surface area contributed by atoms with E-state index in [-0.39, 0.29) is 12.1 Å². The van der Waals surface area contributed by atoms with Crippen LogP contribution < -0.4 is 14.8 Å². The quantitative estimate of drug-likeness (QED) is 0.431. The molecule has 3 amide bonds. The van der Waals surface area contributed by atoms with Crippen molar-refractivity contribution in [3.05, 3.63) is 52.1 Å². The molecule has 2 aromatic carbocycles. The third-order valence-corrected chi connectivity index (χ3v) is 6.91. The van der Waals surface area contributed by atoms with E-state index in [0.29, 0.717) is 50.7 Å². The van der Waals surface area contributed by atoms with Crippen molar-refractivity contribution < 1.29 is 19.1 Å². The molecule has 1 unspecified atom stereocenters. The number of aryl methyl sites for hydroxylation is 4. The minimum Gasteiger partial charge on any atom is -0.493 e. The highest BCUT2D eigenvalue weighted by atomic mass is 16.5. The van der Waals surface area contributed by atoms with Gasteiger partial charge in [0, 0.05) is 26.1 Å². The molecule has 8 nitrogen and oxygen atoms in total. The van der Waals surface area contributed by atoms with Gasteiger partial charge in [0.1, 0.15) is 5.84 Å². The lowest BCUT2D eigenvalue weighted by Gasteiger charge is -2.42. The second kappa shape index (κ2) is 11.0. The molecule has 2 aliphatic rings. The van der Waals surface area contributed by atoms with Crippen molar-refractivity contribution in [1.82, 2.24) is 15.1 Å². The summed E-state index contributed by atoms with van der Waals surface area (Å²) in [5, 5.41) is 2.69. The van der Waals surface area contributed by atoms with Gasteiger partial charge in [0.2, 0.25) is 6.41 Å². The van der Waals surface area contributed by atoms with Crippen molar-refractivity contribution >= 4 is 24.0 Å². The molecule has 1 N–H and O–H groups in total. The highest BCUT2D eigenvalue weighted by Gasteiger charge is 2.40. The number of aliphatic imine (C=N–C) groups is 1. The van der Waals surface area contributed by atoms with Crippen LogP contribution in [0.3, 0.4) is 0 Å². The van der Waals surface area contributed by atoms with Gasteiger partial charge in [0.15, 0.2) is 11.5 Å². The summed E-state index contributed by atoms with van der Waals surface area (Å²) in [7, 11) is 1.64. The van der Waals surface area contributed by atoms with Gasteiger partial charge in [-0.3, -0.25) is 9.69 Å². The van der Waals surface area contributed by atoms with E-state index in [0.717, 1.165) is 41.0 Å². The number of hydrogen-bond acceptors (Lipinski definition) is 5. The molecule has 4 rings (SSSR count). The van der Waals surface area contributed by atoms with E-state index in [1.807, 2.05) is 17.9 Å².